The van der Waals surface area contributed by atoms with Gasteiger partial charge in [0.15, 0.2) is 5.06 Å². The lowest BCUT2D eigenvalue weighted by Gasteiger charge is -2.37. The molecule has 0 N–H and O–H groups in total. The topological polar surface area (TPSA) is 70.4 Å². The van der Waals surface area contributed by atoms with Gasteiger partial charge in [0.1, 0.15) is 12.6 Å². The lowest BCUT2D eigenvalue weighted by molar-refractivity contribution is -0.135. The molecule has 5 nitrogen and oxygen atoms in total. The van der Waals surface area contributed by atoms with E-state index in [0.717, 1.165) is 48.4 Å². The molecule has 6 rings (SSSR count). The number of carbonyl (C=O) groups excluding carboxylic acids is 2. The van der Waals surface area contributed by atoms with Crippen LogP contribution in [-0.2, 0) is 9.59 Å². The Labute approximate surface area is 242 Å². The van der Waals surface area contributed by atoms with Crippen LogP contribution >= 0.6 is 22.7 Å². The maximum atomic E-state index is 14.1. The van der Waals surface area contributed by atoms with Crippen LogP contribution in [0.3, 0.4) is 0 Å². The van der Waals surface area contributed by atoms with Gasteiger partial charge in [0, 0.05) is 36.2 Å². The Morgan fingerprint density at radius 1 is 0.950 bits per heavy atom. The summed E-state index contributed by atoms with van der Waals surface area (Å²) in [6.45, 7) is 8.50. The second-order valence-corrected chi connectivity index (χ2v) is 13.6. The first kappa shape index (κ1) is 26.7. The van der Waals surface area contributed by atoms with E-state index in [4.69, 9.17) is 4.74 Å². The molecule has 1 aliphatic carbocycles. The van der Waals surface area contributed by atoms with Crippen LogP contribution in [-0.4, -0.2) is 29.4 Å². The van der Waals surface area contributed by atoms with E-state index in [2.05, 4.69) is 20.8 Å². The van der Waals surface area contributed by atoms with Crippen LogP contribution in [0, 0.1) is 36.0 Å². The van der Waals surface area contributed by atoms with Gasteiger partial charge in [-0.1, -0.05) is 74.9 Å². The molecule has 0 saturated heterocycles. The van der Waals surface area contributed by atoms with Gasteiger partial charge in [0.05, 0.1) is 17.2 Å². The number of benzene rings is 2. The smallest absolute Gasteiger partial charge is 0.263 e. The second-order valence-electron chi connectivity index (χ2n) is 11.4. The zero-order chi connectivity index (χ0) is 28.1. The Kier molecular flexibility index (Phi) is 7.02. The molecule has 204 valence electrons. The van der Waals surface area contributed by atoms with Crippen molar-refractivity contribution >= 4 is 65.8 Å². The summed E-state index contributed by atoms with van der Waals surface area (Å²) in [6.07, 6.45) is 3.30. The molecule has 2 amide bonds. The summed E-state index contributed by atoms with van der Waals surface area (Å²) in [5, 5.41) is 12.1. The van der Waals surface area contributed by atoms with Crippen molar-refractivity contribution in [2.24, 2.45) is 17.8 Å². The van der Waals surface area contributed by atoms with Crippen molar-refractivity contribution in [2.45, 2.75) is 53.1 Å². The van der Waals surface area contributed by atoms with Crippen molar-refractivity contribution in [3.8, 4) is 11.1 Å². The number of fused-ring (bicyclic) bond motifs is 2. The Hall–Kier alpha value is -3.47. The van der Waals surface area contributed by atoms with Crippen molar-refractivity contribution < 1.29 is 14.3 Å². The summed E-state index contributed by atoms with van der Waals surface area (Å²) in [5.74, 6) is 0.614. The molecule has 7 heteroatoms. The van der Waals surface area contributed by atoms with Crippen LogP contribution < -0.4 is 4.74 Å². The van der Waals surface area contributed by atoms with Gasteiger partial charge in [0.2, 0.25) is 0 Å². The Balaban J connectivity index is 1.61. The van der Waals surface area contributed by atoms with Crippen molar-refractivity contribution in [1.29, 1.82) is 5.26 Å². The van der Waals surface area contributed by atoms with E-state index in [-0.39, 0.29) is 12.6 Å². The standard InChI is InChI=1S/C33H32N2O3S2/c1-18(2)21-14-13-19(3)17-24(21)38-33-28(23-10-6-8-12-26(23)40-33)30-29(31(36)35(16-15-34)32(30)37)27-20(4)39-25-11-7-5-9-22(25)27/h5-12,18-19,21,24H,13-14,16-17H2,1-4H3/t19-,21+,24-/m1/s1. The minimum absolute atomic E-state index is 0.0331. The number of nitriles is 1. The van der Waals surface area contributed by atoms with Gasteiger partial charge < -0.3 is 4.74 Å². The van der Waals surface area contributed by atoms with Crippen LogP contribution in [0.4, 0.5) is 0 Å². The highest BCUT2D eigenvalue weighted by molar-refractivity contribution is 7.21. The number of imide groups is 1. The molecule has 0 spiro atoms. The molecule has 3 heterocycles. The number of carbonyl (C=O) groups is 2. The van der Waals surface area contributed by atoms with Crippen LogP contribution in [0.25, 0.3) is 31.3 Å². The number of rotatable bonds is 6. The van der Waals surface area contributed by atoms with Gasteiger partial charge in [-0.25, -0.2) is 0 Å². The molecule has 40 heavy (non-hydrogen) atoms. The fourth-order valence-corrected chi connectivity index (χ4v) is 8.65. The van der Waals surface area contributed by atoms with Crippen LogP contribution in [0.15, 0.2) is 48.5 Å². The Morgan fingerprint density at radius 3 is 2.20 bits per heavy atom. The van der Waals surface area contributed by atoms with E-state index in [1.54, 1.807) is 22.7 Å². The van der Waals surface area contributed by atoms with Crippen LogP contribution in [0.1, 0.15) is 56.0 Å². The third kappa shape index (κ3) is 4.34. The summed E-state index contributed by atoms with van der Waals surface area (Å²) in [5.41, 5.74) is 2.19. The zero-order valence-corrected chi connectivity index (χ0v) is 24.8. The normalized spacial score (nSPS) is 21.7. The number of amides is 2. The zero-order valence-electron chi connectivity index (χ0n) is 23.2. The summed E-state index contributed by atoms with van der Waals surface area (Å²) < 4.78 is 9.00. The molecule has 4 aromatic rings. The van der Waals surface area contributed by atoms with E-state index in [0.29, 0.717) is 39.5 Å². The molecule has 0 bridgehead atoms. The maximum Gasteiger partial charge on any atom is 0.263 e. The number of ether oxygens (including phenoxy) is 1. The molecule has 0 unspecified atom stereocenters. The van der Waals surface area contributed by atoms with Gasteiger partial charge in [-0.05, 0) is 49.7 Å². The first-order chi connectivity index (χ1) is 19.3. The molecule has 1 fully saturated rings. The summed E-state index contributed by atoms with van der Waals surface area (Å²) >= 11 is 3.16. The van der Waals surface area contributed by atoms with E-state index < -0.39 is 11.8 Å². The first-order valence-electron chi connectivity index (χ1n) is 13.9. The van der Waals surface area contributed by atoms with Gasteiger partial charge in [0.25, 0.3) is 11.8 Å². The highest BCUT2D eigenvalue weighted by atomic mass is 32.1. The third-order valence-electron chi connectivity index (χ3n) is 8.45. The molecule has 3 atom stereocenters. The van der Waals surface area contributed by atoms with Gasteiger partial charge >= 0.3 is 0 Å². The van der Waals surface area contributed by atoms with Crippen LogP contribution in [0.5, 0.6) is 5.06 Å². The SMILES string of the molecule is Cc1sc2ccccc2c1C1=C(c2c(O[C@@H]3C[C@H](C)CC[C@H]3C(C)C)sc3ccccc23)C(=O)N(CC#N)C1=O. The number of nitrogens with zero attached hydrogens (tertiary/aromatic N) is 2. The highest BCUT2D eigenvalue weighted by Gasteiger charge is 2.43. The Bertz CT molecular complexity index is 1720. The highest BCUT2D eigenvalue weighted by Crippen LogP contribution is 2.50. The fraction of sp³-hybridized carbons (Fsp3) is 0.364. The lowest BCUT2D eigenvalue weighted by atomic mass is 9.75. The molecule has 2 aromatic carbocycles. The molecular weight excluding hydrogens is 537 g/mol. The minimum atomic E-state index is -0.429. The van der Waals surface area contributed by atoms with Crippen molar-refractivity contribution in [2.75, 3.05) is 6.54 Å². The second kappa shape index (κ2) is 10.5. The summed E-state index contributed by atoms with van der Waals surface area (Å²) in [6, 6.07) is 18.0. The molecule has 1 aliphatic heterocycles. The quantitative estimate of drug-likeness (QED) is 0.174. The van der Waals surface area contributed by atoms with Crippen molar-refractivity contribution in [1.82, 2.24) is 4.90 Å². The van der Waals surface area contributed by atoms with E-state index in [1.165, 1.54) is 6.42 Å². The molecule has 2 aliphatic rings. The number of hydrogen-bond acceptors (Lipinski definition) is 6. The molecule has 0 radical (unpaired) electrons. The van der Waals surface area contributed by atoms with E-state index in [1.807, 2.05) is 61.5 Å². The number of hydrogen-bond donors (Lipinski definition) is 0. The lowest BCUT2D eigenvalue weighted by Crippen LogP contribution is -2.36. The molecule has 2 aromatic heterocycles. The van der Waals surface area contributed by atoms with Gasteiger partial charge in [-0.2, -0.15) is 5.26 Å². The maximum absolute atomic E-state index is 14.1. The Morgan fingerprint density at radius 2 is 1.55 bits per heavy atom. The fourth-order valence-electron chi connectivity index (χ4n) is 6.46. The van der Waals surface area contributed by atoms with Gasteiger partial charge in [-0.3, -0.25) is 14.5 Å². The van der Waals surface area contributed by atoms with Crippen molar-refractivity contribution in [3.05, 3.63) is 64.5 Å². The molecular formula is C33H32N2O3S2. The van der Waals surface area contributed by atoms with E-state index >= 15 is 0 Å². The van der Waals surface area contributed by atoms with Crippen molar-refractivity contribution in [3.63, 3.8) is 0 Å². The average molecular weight is 569 g/mol. The number of aryl methyl sites for hydroxylation is 1. The summed E-state index contributed by atoms with van der Waals surface area (Å²) in [4.78, 5) is 30.2. The predicted molar refractivity (Wildman–Crippen MR) is 163 cm³/mol. The first-order valence-corrected chi connectivity index (χ1v) is 15.6. The third-order valence-corrected chi connectivity index (χ3v) is 10.6. The largest absolute Gasteiger partial charge is 0.480 e. The predicted octanol–water partition coefficient (Wildman–Crippen LogP) is 8.07. The summed E-state index contributed by atoms with van der Waals surface area (Å²) in [7, 11) is 0. The minimum Gasteiger partial charge on any atom is -0.480 e. The van der Waals surface area contributed by atoms with E-state index in [9.17, 15) is 14.9 Å². The number of thiophene rings is 2. The molecule has 1 saturated carbocycles. The average Bonchev–Trinajstić information content (AvgIpc) is 3.52. The monoisotopic (exact) mass is 568 g/mol. The van der Waals surface area contributed by atoms with Gasteiger partial charge in [-0.15, -0.1) is 11.3 Å². The van der Waals surface area contributed by atoms with Crippen LogP contribution in [0.2, 0.25) is 0 Å².